The molecule has 1 unspecified atom stereocenters. The highest BCUT2D eigenvalue weighted by Gasteiger charge is 2.16. The van der Waals surface area contributed by atoms with Crippen molar-refractivity contribution in [1.29, 1.82) is 5.26 Å². The number of ether oxygens (including phenoxy) is 3. The fourth-order valence-electron chi connectivity index (χ4n) is 2.76. The number of rotatable bonds is 6. The van der Waals surface area contributed by atoms with Crippen molar-refractivity contribution in [2.24, 2.45) is 5.92 Å². The van der Waals surface area contributed by atoms with Gasteiger partial charge in [0.25, 0.3) is 5.88 Å². The average molecular weight is 339 g/mol. The lowest BCUT2D eigenvalue weighted by molar-refractivity contribution is 0.211. The minimum Gasteiger partial charge on any atom is -0.493 e. The highest BCUT2D eigenvalue weighted by Crippen LogP contribution is 2.35. The van der Waals surface area contributed by atoms with Gasteiger partial charge in [-0.05, 0) is 43.7 Å². The molecule has 1 aliphatic rings. The van der Waals surface area contributed by atoms with Gasteiger partial charge in [0, 0.05) is 24.7 Å². The summed E-state index contributed by atoms with van der Waals surface area (Å²) < 4.78 is 17.1. The van der Waals surface area contributed by atoms with E-state index in [1.165, 1.54) is 13.5 Å². The van der Waals surface area contributed by atoms with Gasteiger partial charge in [-0.1, -0.05) is 0 Å². The molecule has 2 heterocycles. The summed E-state index contributed by atoms with van der Waals surface area (Å²) in [6.07, 6.45) is 3.99. The zero-order chi connectivity index (χ0) is 17.5. The molecule has 6 nitrogen and oxygen atoms in total. The molecule has 3 rings (SSSR count). The molecule has 2 aromatic rings. The lowest BCUT2D eigenvalue weighted by Gasteiger charge is -2.23. The zero-order valence-electron chi connectivity index (χ0n) is 14.2. The molecule has 1 N–H and O–H groups in total. The number of methoxy groups -OCH3 is 1. The molecule has 0 aliphatic carbocycles. The quantitative estimate of drug-likeness (QED) is 0.871. The highest BCUT2D eigenvalue weighted by atomic mass is 16.5. The van der Waals surface area contributed by atoms with E-state index in [0.29, 0.717) is 41.2 Å². The van der Waals surface area contributed by atoms with Gasteiger partial charge in [0.2, 0.25) is 0 Å². The fraction of sp³-hybridized carbons (Fsp3) is 0.368. The number of nitrogens with zero attached hydrogens (tertiary/aromatic N) is 2. The predicted molar refractivity (Wildman–Crippen MR) is 93.1 cm³/mol. The SMILES string of the molecule is COc1cc(C#N)ccc1Oc1ncccc1OCC1CCCNC1. The third-order valence-electron chi connectivity index (χ3n) is 4.11. The minimum atomic E-state index is 0.384. The summed E-state index contributed by atoms with van der Waals surface area (Å²) in [5.41, 5.74) is 0.506. The van der Waals surface area contributed by atoms with Gasteiger partial charge >= 0.3 is 0 Å². The summed E-state index contributed by atoms with van der Waals surface area (Å²) >= 11 is 0. The summed E-state index contributed by atoms with van der Waals surface area (Å²) in [6.45, 7) is 2.68. The average Bonchev–Trinajstić information content (AvgIpc) is 2.68. The van der Waals surface area contributed by atoms with Gasteiger partial charge in [-0.15, -0.1) is 0 Å². The first kappa shape index (κ1) is 17.1. The molecule has 0 bridgehead atoms. The van der Waals surface area contributed by atoms with Gasteiger partial charge in [0.15, 0.2) is 17.2 Å². The van der Waals surface area contributed by atoms with Crippen LogP contribution in [0.4, 0.5) is 0 Å². The van der Waals surface area contributed by atoms with Crippen LogP contribution in [0.1, 0.15) is 18.4 Å². The monoisotopic (exact) mass is 339 g/mol. The number of nitrogens with one attached hydrogen (secondary N) is 1. The van der Waals surface area contributed by atoms with Crippen LogP contribution >= 0.6 is 0 Å². The Labute approximate surface area is 147 Å². The van der Waals surface area contributed by atoms with Gasteiger partial charge < -0.3 is 19.5 Å². The molecule has 130 valence electrons. The summed E-state index contributed by atoms with van der Waals surface area (Å²) in [5.74, 6) is 2.44. The van der Waals surface area contributed by atoms with Crippen molar-refractivity contribution in [3.8, 4) is 29.2 Å². The molecule has 1 fully saturated rings. The number of piperidine rings is 1. The van der Waals surface area contributed by atoms with Crippen molar-refractivity contribution in [2.75, 3.05) is 26.8 Å². The normalized spacial score (nSPS) is 16.7. The minimum absolute atomic E-state index is 0.384. The molecule has 1 aliphatic heterocycles. The summed E-state index contributed by atoms with van der Waals surface area (Å²) in [4.78, 5) is 4.27. The largest absolute Gasteiger partial charge is 0.493 e. The number of hydrogen-bond donors (Lipinski definition) is 1. The van der Waals surface area contributed by atoms with E-state index in [9.17, 15) is 0 Å². The Morgan fingerprint density at radius 3 is 2.96 bits per heavy atom. The van der Waals surface area contributed by atoms with Crippen molar-refractivity contribution >= 4 is 0 Å². The Morgan fingerprint density at radius 1 is 1.28 bits per heavy atom. The van der Waals surface area contributed by atoms with Crippen LogP contribution in [0.15, 0.2) is 36.5 Å². The second-order valence-electron chi connectivity index (χ2n) is 5.91. The van der Waals surface area contributed by atoms with E-state index in [1.54, 1.807) is 24.4 Å². The van der Waals surface area contributed by atoms with Crippen LogP contribution in [0.2, 0.25) is 0 Å². The second kappa shape index (κ2) is 8.36. The van der Waals surface area contributed by atoms with Crippen molar-refractivity contribution < 1.29 is 14.2 Å². The van der Waals surface area contributed by atoms with Gasteiger partial charge in [-0.2, -0.15) is 5.26 Å². The Balaban J connectivity index is 1.73. The molecular formula is C19H21N3O3. The molecular weight excluding hydrogens is 318 g/mol. The molecule has 25 heavy (non-hydrogen) atoms. The van der Waals surface area contributed by atoms with E-state index >= 15 is 0 Å². The second-order valence-corrected chi connectivity index (χ2v) is 5.91. The van der Waals surface area contributed by atoms with Crippen molar-refractivity contribution in [2.45, 2.75) is 12.8 Å². The van der Waals surface area contributed by atoms with Crippen molar-refractivity contribution in [3.63, 3.8) is 0 Å². The topological polar surface area (TPSA) is 76.4 Å². The van der Waals surface area contributed by atoms with E-state index in [1.807, 2.05) is 12.1 Å². The smallest absolute Gasteiger partial charge is 0.262 e. The number of aromatic nitrogens is 1. The van der Waals surface area contributed by atoms with E-state index in [4.69, 9.17) is 19.5 Å². The third kappa shape index (κ3) is 4.40. The zero-order valence-corrected chi connectivity index (χ0v) is 14.2. The summed E-state index contributed by atoms with van der Waals surface area (Å²) in [5, 5.41) is 12.4. The molecule has 0 radical (unpaired) electrons. The molecule has 0 amide bonds. The van der Waals surface area contributed by atoms with Crippen LogP contribution in [0.5, 0.6) is 23.1 Å². The Kier molecular flexibility index (Phi) is 5.70. The number of benzene rings is 1. The van der Waals surface area contributed by atoms with Gasteiger partial charge in [-0.25, -0.2) is 4.98 Å². The van der Waals surface area contributed by atoms with Gasteiger partial charge in [0.05, 0.1) is 25.3 Å². The van der Waals surface area contributed by atoms with E-state index in [-0.39, 0.29) is 0 Å². The van der Waals surface area contributed by atoms with Gasteiger partial charge in [-0.3, -0.25) is 0 Å². The third-order valence-corrected chi connectivity index (χ3v) is 4.11. The molecule has 0 spiro atoms. The summed E-state index contributed by atoms with van der Waals surface area (Å²) in [6, 6.07) is 10.7. The Hall–Kier alpha value is -2.78. The summed E-state index contributed by atoms with van der Waals surface area (Å²) in [7, 11) is 1.54. The highest BCUT2D eigenvalue weighted by molar-refractivity contribution is 5.49. The van der Waals surface area contributed by atoms with Gasteiger partial charge in [0.1, 0.15) is 0 Å². The first-order valence-corrected chi connectivity index (χ1v) is 8.34. The predicted octanol–water partition coefficient (Wildman–Crippen LogP) is 3.13. The van der Waals surface area contributed by atoms with Crippen LogP contribution in [-0.4, -0.2) is 31.8 Å². The molecule has 1 saturated heterocycles. The molecule has 1 aromatic heterocycles. The standard InChI is InChI=1S/C19H21N3O3/c1-23-18-10-14(11-20)6-7-16(18)25-19-17(5-3-9-22-19)24-13-15-4-2-8-21-12-15/h3,5-7,9-10,15,21H,2,4,8,12-13H2,1H3. The Morgan fingerprint density at radius 2 is 2.20 bits per heavy atom. The maximum Gasteiger partial charge on any atom is 0.262 e. The lowest BCUT2D eigenvalue weighted by Crippen LogP contribution is -2.33. The first-order chi connectivity index (χ1) is 12.3. The lowest BCUT2D eigenvalue weighted by atomic mass is 10.0. The van der Waals surface area contributed by atoms with Crippen LogP contribution in [0, 0.1) is 17.2 Å². The molecule has 0 saturated carbocycles. The van der Waals surface area contributed by atoms with Crippen LogP contribution < -0.4 is 19.5 Å². The molecule has 6 heteroatoms. The first-order valence-electron chi connectivity index (χ1n) is 8.34. The van der Waals surface area contributed by atoms with Crippen molar-refractivity contribution in [3.05, 3.63) is 42.1 Å². The van der Waals surface area contributed by atoms with E-state index < -0.39 is 0 Å². The van der Waals surface area contributed by atoms with E-state index in [0.717, 1.165) is 19.5 Å². The number of hydrogen-bond acceptors (Lipinski definition) is 6. The molecule has 1 aromatic carbocycles. The van der Waals surface area contributed by atoms with Crippen LogP contribution in [0.3, 0.4) is 0 Å². The van der Waals surface area contributed by atoms with E-state index in [2.05, 4.69) is 16.4 Å². The maximum absolute atomic E-state index is 8.99. The maximum atomic E-state index is 8.99. The number of nitriles is 1. The Bertz CT molecular complexity index is 752. The fourth-order valence-corrected chi connectivity index (χ4v) is 2.76. The van der Waals surface area contributed by atoms with Crippen LogP contribution in [-0.2, 0) is 0 Å². The molecule has 1 atom stereocenters. The number of pyridine rings is 1. The van der Waals surface area contributed by atoms with Crippen molar-refractivity contribution in [1.82, 2.24) is 10.3 Å². The van der Waals surface area contributed by atoms with Crippen LogP contribution in [0.25, 0.3) is 0 Å².